The van der Waals surface area contributed by atoms with Crippen LogP contribution in [-0.4, -0.2) is 39.5 Å². The van der Waals surface area contributed by atoms with Gasteiger partial charge in [0.05, 0.1) is 17.7 Å². The number of amides is 1. The SMILES string of the molecule is Cl.NC1CCC(NC(=O)c2c[nH]c3c(-c4cc(F)ccc4OCC4CC4)ncnc23)CC1. The zero-order chi connectivity index (χ0) is 21.4. The minimum absolute atomic E-state index is 0. The molecule has 7 nitrogen and oxygen atoms in total. The summed E-state index contributed by atoms with van der Waals surface area (Å²) >= 11 is 0. The van der Waals surface area contributed by atoms with Crippen LogP contribution >= 0.6 is 12.4 Å². The van der Waals surface area contributed by atoms with Crippen molar-refractivity contribution in [2.75, 3.05) is 6.61 Å². The zero-order valence-corrected chi connectivity index (χ0v) is 18.5. The molecule has 2 aromatic heterocycles. The number of carbonyl (C=O) groups is 1. The number of aromatic nitrogens is 3. The van der Waals surface area contributed by atoms with Crippen molar-refractivity contribution < 1.29 is 13.9 Å². The summed E-state index contributed by atoms with van der Waals surface area (Å²) in [6.07, 6.45) is 8.94. The molecule has 0 radical (unpaired) electrons. The van der Waals surface area contributed by atoms with Gasteiger partial charge in [-0.15, -0.1) is 12.4 Å². The number of fused-ring (bicyclic) bond motifs is 1. The first-order chi connectivity index (χ1) is 15.1. The summed E-state index contributed by atoms with van der Waals surface area (Å²) in [4.78, 5) is 24.8. The van der Waals surface area contributed by atoms with E-state index in [-0.39, 0.29) is 36.2 Å². The second-order valence-corrected chi connectivity index (χ2v) is 8.63. The number of halogens is 2. The van der Waals surface area contributed by atoms with E-state index in [0.29, 0.717) is 46.1 Å². The van der Waals surface area contributed by atoms with Crippen LogP contribution in [0.3, 0.4) is 0 Å². The molecule has 0 spiro atoms. The lowest BCUT2D eigenvalue weighted by Gasteiger charge is -2.26. The van der Waals surface area contributed by atoms with E-state index in [0.717, 1.165) is 38.5 Å². The molecule has 9 heteroatoms. The van der Waals surface area contributed by atoms with E-state index in [4.69, 9.17) is 10.5 Å². The van der Waals surface area contributed by atoms with Gasteiger partial charge in [0.1, 0.15) is 29.1 Å². The van der Waals surface area contributed by atoms with Crippen LogP contribution < -0.4 is 15.8 Å². The quantitative estimate of drug-likeness (QED) is 0.517. The Morgan fingerprint density at radius 2 is 1.97 bits per heavy atom. The van der Waals surface area contributed by atoms with Crippen molar-refractivity contribution in [3.8, 4) is 17.0 Å². The third-order valence-electron chi connectivity index (χ3n) is 6.18. The molecule has 2 aliphatic rings. The highest BCUT2D eigenvalue weighted by atomic mass is 35.5. The summed E-state index contributed by atoms with van der Waals surface area (Å²) in [5, 5.41) is 3.09. The molecular weight excluding hydrogens is 433 g/mol. The monoisotopic (exact) mass is 459 g/mol. The molecule has 2 aliphatic carbocycles. The Labute approximate surface area is 191 Å². The van der Waals surface area contributed by atoms with Crippen LogP contribution in [-0.2, 0) is 0 Å². The van der Waals surface area contributed by atoms with Crippen LogP contribution in [0.1, 0.15) is 48.9 Å². The summed E-state index contributed by atoms with van der Waals surface area (Å²) in [6.45, 7) is 0.607. The van der Waals surface area contributed by atoms with Gasteiger partial charge in [0, 0.05) is 23.8 Å². The van der Waals surface area contributed by atoms with Gasteiger partial charge in [0.25, 0.3) is 5.91 Å². The van der Waals surface area contributed by atoms with Crippen molar-refractivity contribution >= 4 is 29.3 Å². The first-order valence-electron chi connectivity index (χ1n) is 10.9. The molecule has 3 aromatic rings. The van der Waals surface area contributed by atoms with Crippen LogP contribution in [0.25, 0.3) is 22.3 Å². The Kier molecular flexibility index (Phi) is 6.62. The van der Waals surface area contributed by atoms with E-state index in [1.165, 1.54) is 18.5 Å². The minimum Gasteiger partial charge on any atom is -0.493 e. The van der Waals surface area contributed by atoms with Crippen molar-refractivity contribution in [2.45, 2.75) is 50.6 Å². The molecule has 0 saturated heterocycles. The average Bonchev–Trinajstić information content (AvgIpc) is 3.50. The van der Waals surface area contributed by atoms with E-state index >= 15 is 0 Å². The molecule has 0 bridgehead atoms. The molecule has 32 heavy (non-hydrogen) atoms. The molecule has 0 aliphatic heterocycles. The molecule has 1 amide bonds. The van der Waals surface area contributed by atoms with Crippen molar-refractivity contribution in [2.24, 2.45) is 11.7 Å². The lowest BCUT2D eigenvalue weighted by atomic mass is 9.91. The molecule has 0 unspecified atom stereocenters. The van der Waals surface area contributed by atoms with E-state index in [2.05, 4.69) is 20.3 Å². The van der Waals surface area contributed by atoms with E-state index in [9.17, 15) is 9.18 Å². The standard InChI is InChI=1S/C23H26FN5O2.ClH/c24-14-3-8-19(31-11-13-1-2-13)17(9-14)20-22-21(28-12-27-20)18(10-26-22)23(30)29-16-6-4-15(25)5-7-16;/h3,8-10,12-13,15-16,26H,1-2,4-7,11,25H2,(H,29,30);1H. The summed E-state index contributed by atoms with van der Waals surface area (Å²) in [6, 6.07) is 4.76. The summed E-state index contributed by atoms with van der Waals surface area (Å²) in [5.41, 5.74) is 8.56. The van der Waals surface area contributed by atoms with E-state index in [1.807, 2.05) is 0 Å². The Balaban J connectivity index is 0.00000245. The number of hydrogen-bond acceptors (Lipinski definition) is 5. The first-order valence-corrected chi connectivity index (χ1v) is 10.9. The van der Waals surface area contributed by atoms with Crippen molar-refractivity contribution in [1.82, 2.24) is 20.3 Å². The highest BCUT2D eigenvalue weighted by molar-refractivity contribution is 6.07. The normalized spacial score (nSPS) is 20.6. The molecule has 2 fully saturated rings. The topological polar surface area (TPSA) is 106 Å². The number of carbonyl (C=O) groups excluding carboxylic acids is 1. The average molecular weight is 460 g/mol. The number of benzene rings is 1. The van der Waals surface area contributed by atoms with Crippen LogP contribution in [0.5, 0.6) is 5.75 Å². The zero-order valence-electron chi connectivity index (χ0n) is 17.6. The van der Waals surface area contributed by atoms with Gasteiger partial charge in [0.2, 0.25) is 0 Å². The van der Waals surface area contributed by atoms with Gasteiger partial charge in [-0.05, 0) is 62.6 Å². The number of rotatable bonds is 6. The molecular formula is C23H27ClFN5O2. The number of ether oxygens (including phenoxy) is 1. The predicted molar refractivity (Wildman–Crippen MR) is 122 cm³/mol. The second-order valence-electron chi connectivity index (χ2n) is 8.63. The van der Waals surface area contributed by atoms with Crippen molar-refractivity contribution in [3.63, 3.8) is 0 Å². The first kappa shape index (κ1) is 22.5. The van der Waals surface area contributed by atoms with Crippen LogP contribution in [0.4, 0.5) is 4.39 Å². The molecule has 5 rings (SSSR count). The van der Waals surface area contributed by atoms with Crippen LogP contribution in [0, 0.1) is 11.7 Å². The number of aromatic amines is 1. The molecule has 4 N–H and O–H groups in total. The summed E-state index contributed by atoms with van der Waals surface area (Å²) < 4.78 is 20.0. The maximum atomic E-state index is 14.1. The summed E-state index contributed by atoms with van der Waals surface area (Å²) in [7, 11) is 0. The Morgan fingerprint density at radius 1 is 1.19 bits per heavy atom. The number of H-pyrrole nitrogens is 1. The maximum Gasteiger partial charge on any atom is 0.255 e. The van der Waals surface area contributed by atoms with Crippen molar-refractivity contribution in [1.29, 1.82) is 0 Å². The molecule has 0 atom stereocenters. The Hall–Kier alpha value is -2.71. The van der Waals surface area contributed by atoms with Gasteiger partial charge in [-0.3, -0.25) is 4.79 Å². The van der Waals surface area contributed by atoms with E-state index < -0.39 is 0 Å². The fraction of sp³-hybridized carbons (Fsp3) is 0.435. The smallest absolute Gasteiger partial charge is 0.255 e. The highest BCUT2D eigenvalue weighted by Crippen LogP contribution is 2.36. The van der Waals surface area contributed by atoms with Gasteiger partial charge in [-0.1, -0.05) is 0 Å². The molecule has 170 valence electrons. The molecule has 2 saturated carbocycles. The third-order valence-corrected chi connectivity index (χ3v) is 6.18. The highest BCUT2D eigenvalue weighted by Gasteiger charge is 2.25. The fourth-order valence-electron chi connectivity index (χ4n) is 4.15. The molecule has 1 aromatic carbocycles. The van der Waals surface area contributed by atoms with Crippen LogP contribution in [0.2, 0.25) is 0 Å². The predicted octanol–water partition coefficient (Wildman–Crippen LogP) is 3.97. The number of nitrogens with two attached hydrogens (primary N) is 1. The lowest BCUT2D eigenvalue weighted by Crippen LogP contribution is -2.40. The van der Waals surface area contributed by atoms with Crippen LogP contribution in [0.15, 0.2) is 30.7 Å². The summed E-state index contributed by atoms with van der Waals surface area (Å²) in [5.74, 6) is 0.590. The van der Waals surface area contributed by atoms with Crippen molar-refractivity contribution in [3.05, 3.63) is 42.1 Å². The third kappa shape index (κ3) is 4.71. The van der Waals surface area contributed by atoms with Gasteiger partial charge >= 0.3 is 0 Å². The second kappa shape index (κ2) is 9.42. The van der Waals surface area contributed by atoms with Gasteiger partial charge in [0.15, 0.2) is 0 Å². The molecule has 2 heterocycles. The Bertz CT molecular complexity index is 1110. The number of nitrogens with one attached hydrogen (secondary N) is 2. The maximum absolute atomic E-state index is 14.1. The lowest BCUT2D eigenvalue weighted by molar-refractivity contribution is 0.0927. The Morgan fingerprint density at radius 3 is 2.72 bits per heavy atom. The number of nitrogens with zero attached hydrogens (tertiary/aromatic N) is 2. The van der Waals surface area contributed by atoms with Gasteiger partial charge in [-0.2, -0.15) is 0 Å². The minimum atomic E-state index is -0.374. The van der Waals surface area contributed by atoms with Gasteiger partial charge < -0.3 is 20.8 Å². The fourth-order valence-corrected chi connectivity index (χ4v) is 4.15. The largest absolute Gasteiger partial charge is 0.493 e. The van der Waals surface area contributed by atoms with E-state index in [1.54, 1.807) is 12.3 Å². The number of hydrogen-bond donors (Lipinski definition) is 3. The van der Waals surface area contributed by atoms with Gasteiger partial charge in [-0.25, -0.2) is 14.4 Å².